The van der Waals surface area contributed by atoms with Gasteiger partial charge in [-0.05, 0) is 67.6 Å². The lowest BCUT2D eigenvalue weighted by Crippen LogP contribution is -2.31. The molecule has 0 saturated heterocycles. The monoisotopic (exact) mass is 469 g/mol. The van der Waals surface area contributed by atoms with Crippen LogP contribution >= 0.6 is 0 Å². The first-order valence-corrected chi connectivity index (χ1v) is 12.5. The van der Waals surface area contributed by atoms with Crippen LogP contribution < -0.4 is 16.2 Å². The van der Waals surface area contributed by atoms with Crippen molar-refractivity contribution in [3.05, 3.63) is 69.8 Å². The maximum absolute atomic E-state index is 13.5. The molecule has 2 aliphatic rings. The Morgan fingerprint density at radius 3 is 2.71 bits per heavy atom. The van der Waals surface area contributed by atoms with E-state index in [0.29, 0.717) is 22.8 Å². The highest BCUT2D eigenvalue weighted by Gasteiger charge is 2.28. The number of nitrogens with zero attached hydrogens (tertiary/aromatic N) is 5. The highest BCUT2D eigenvalue weighted by molar-refractivity contribution is 5.77. The minimum atomic E-state index is -0.107. The Kier molecular flexibility index (Phi) is 5.21. The maximum Gasteiger partial charge on any atom is 0.278 e. The topological polar surface area (TPSA) is 89.7 Å². The maximum atomic E-state index is 13.5. The molecule has 6 rings (SSSR count). The summed E-state index contributed by atoms with van der Waals surface area (Å²) in [4.78, 5) is 27.8. The highest BCUT2D eigenvalue weighted by atomic mass is 16.1. The molecule has 1 aliphatic heterocycles. The Labute approximate surface area is 204 Å². The Hall–Kier alpha value is -3.52. The number of benzene rings is 1. The van der Waals surface area contributed by atoms with Crippen LogP contribution in [0.15, 0.2) is 47.4 Å². The van der Waals surface area contributed by atoms with E-state index in [9.17, 15) is 4.79 Å². The number of anilines is 2. The number of hydrogen-bond acceptors (Lipinski definition) is 6. The van der Waals surface area contributed by atoms with Gasteiger partial charge in [0.2, 0.25) is 5.95 Å². The van der Waals surface area contributed by atoms with Gasteiger partial charge >= 0.3 is 0 Å². The first-order valence-electron chi connectivity index (χ1n) is 12.5. The predicted molar refractivity (Wildman–Crippen MR) is 138 cm³/mol. The first kappa shape index (κ1) is 22.0. The Bertz CT molecular complexity index is 1470. The zero-order valence-electron chi connectivity index (χ0n) is 20.5. The van der Waals surface area contributed by atoms with Gasteiger partial charge in [-0.25, -0.2) is 19.3 Å². The van der Waals surface area contributed by atoms with Crippen LogP contribution in [-0.4, -0.2) is 30.9 Å². The van der Waals surface area contributed by atoms with Gasteiger partial charge in [-0.3, -0.25) is 4.79 Å². The van der Waals surface area contributed by atoms with Crippen LogP contribution in [0.1, 0.15) is 62.9 Å². The molecule has 1 fully saturated rings. The third-order valence-corrected chi connectivity index (χ3v) is 7.11. The van der Waals surface area contributed by atoms with Crippen molar-refractivity contribution >= 4 is 22.7 Å². The average Bonchev–Trinajstić information content (AvgIpc) is 3.09. The number of rotatable bonds is 4. The van der Waals surface area contributed by atoms with Crippen LogP contribution in [-0.2, 0) is 18.4 Å². The molecule has 2 N–H and O–H groups in total. The summed E-state index contributed by atoms with van der Waals surface area (Å²) in [5.74, 6) is 1.18. The predicted octanol–water partition coefficient (Wildman–Crippen LogP) is 4.39. The number of nitrogens with one attached hydrogen (secondary N) is 2. The van der Waals surface area contributed by atoms with Crippen molar-refractivity contribution in [2.45, 2.75) is 64.5 Å². The summed E-state index contributed by atoms with van der Waals surface area (Å²) >= 11 is 0. The summed E-state index contributed by atoms with van der Waals surface area (Å²) in [6, 6.07) is 12.5. The SMILES string of the molecule is CC(C)(C)c1cccc(-n2c3nc(Nc4ccc5c(c4)CCNC5)ncc3c(=O)n2C2CCC2)n1. The van der Waals surface area contributed by atoms with E-state index in [4.69, 9.17) is 9.97 Å². The van der Waals surface area contributed by atoms with Gasteiger partial charge in [0, 0.05) is 29.5 Å². The number of pyridine rings is 1. The quantitative estimate of drug-likeness (QED) is 0.461. The summed E-state index contributed by atoms with van der Waals surface area (Å²) in [5.41, 5.74) is 5.01. The molecule has 0 atom stereocenters. The molecular formula is C27H31N7O. The number of fused-ring (bicyclic) bond motifs is 2. The molecular weight excluding hydrogens is 438 g/mol. The zero-order chi connectivity index (χ0) is 24.2. The Balaban J connectivity index is 1.47. The third-order valence-electron chi connectivity index (χ3n) is 7.11. The van der Waals surface area contributed by atoms with Crippen LogP contribution in [0.4, 0.5) is 11.6 Å². The van der Waals surface area contributed by atoms with E-state index in [1.54, 1.807) is 6.20 Å². The fourth-order valence-corrected chi connectivity index (χ4v) is 4.88. The second-order valence-electron chi connectivity index (χ2n) is 10.6. The van der Waals surface area contributed by atoms with Crippen LogP contribution in [0.3, 0.4) is 0 Å². The molecule has 4 aromatic rings. The molecule has 0 bridgehead atoms. The van der Waals surface area contributed by atoms with Crippen LogP contribution in [0.2, 0.25) is 0 Å². The highest BCUT2D eigenvalue weighted by Crippen LogP contribution is 2.33. The summed E-state index contributed by atoms with van der Waals surface area (Å²) in [6.45, 7) is 8.32. The van der Waals surface area contributed by atoms with E-state index < -0.39 is 0 Å². The second-order valence-corrected chi connectivity index (χ2v) is 10.6. The normalized spacial score (nSPS) is 16.2. The fraction of sp³-hybridized carbons (Fsp3) is 0.407. The Morgan fingerprint density at radius 1 is 1.09 bits per heavy atom. The van der Waals surface area contributed by atoms with Crippen molar-refractivity contribution in [2.24, 2.45) is 0 Å². The molecule has 1 aromatic carbocycles. The number of hydrogen-bond donors (Lipinski definition) is 2. The molecule has 1 aliphatic carbocycles. The molecule has 8 nitrogen and oxygen atoms in total. The van der Waals surface area contributed by atoms with Crippen LogP contribution in [0.5, 0.6) is 0 Å². The lowest BCUT2D eigenvalue weighted by molar-refractivity contribution is 0.268. The summed E-state index contributed by atoms with van der Waals surface area (Å²) in [5, 5.41) is 7.28. The van der Waals surface area contributed by atoms with E-state index in [-0.39, 0.29) is 17.0 Å². The molecule has 0 unspecified atom stereocenters. The van der Waals surface area contributed by atoms with Gasteiger partial charge in [0.1, 0.15) is 5.39 Å². The molecule has 0 amide bonds. The second kappa shape index (κ2) is 8.30. The van der Waals surface area contributed by atoms with Crippen molar-refractivity contribution in [3.8, 4) is 5.82 Å². The first-order chi connectivity index (χ1) is 16.9. The van der Waals surface area contributed by atoms with Crippen molar-refractivity contribution < 1.29 is 0 Å². The minimum Gasteiger partial charge on any atom is -0.324 e. The van der Waals surface area contributed by atoms with Crippen LogP contribution in [0, 0.1) is 0 Å². The molecule has 4 heterocycles. The van der Waals surface area contributed by atoms with E-state index >= 15 is 0 Å². The zero-order valence-corrected chi connectivity index (χ0v) is 20.5. The standard InChI is InChI=1S/C27H31N7O/c1-27(2,3)22-8-5-9-23(31-22)34-24-21(25(35)33(34)20-6-4-7-20)16-29-26(32-24)30-19-11-10-18-15-28-13-12-17(18)14-19/h5,8-11,14,16,20,28H,4,6-7,12-13,15H2,1-3H3,(H,29,30,32). The van der Waals surface area contributed by atoms with Crippen molar-refractivity contribution in [1.82, 2.24) is 29.6 Å². The van der Waals surface area contributed by atoms with E-state index in [1.807, 2.05) is 27.6 Å². The summed E-state index contributed by atoms with van der Waals surface area (Å²) < 4.78 is 3.75. The van der Waals surface area contributed by atoms with Crippen LogP contribution in [0.25, 0.3) is 16.9 Å². The number of aromatic nitrogens is 5. The van der Waals surface area contributed by atoms with E-state index in [2.05, 4.69) is 54.6 Å². The molecule has 0 spiro atoms. The van der Waals surface area contributed by atoms with Gasteiger partial charge in [0.25, 0.3) is 5.56 Å². The lowest BCUT2D eigenvalue weighted by Gasteiger charge is -2.28. The molecule has 8 heteroatoms. The summed E-state index contributed by atoms with van der Waals surface area (Å²) in [6.07, 6.45) is 5.74. The molecule has 0 radical (unpaired) electrons. The smallest absolute Gasteiger partial charge is 0.278 e. The van der Waals surface area contributed by atoms with Crippen molar-refractivity contribution in [1.29, 1.82) is 0 Å². The van der Waals surface area contributed by atoms with Crippen molar-refractivity contribution in [3.63, 3.8) is 0 Å². The van der Waals surface area contributed by atoms with Gasteiger partial charge in [0.15, 0.2) is 11.5 Å². The largest absolute Gasteiger partial charge is 0.324 e. The van der Waals surface area contributed by atoms with Gasteiger partial charge < -0.3 is 10.6 Å². The molecule has 1 saturated carbocycles. The fourth-order valence-electron chi connectivity index (χ4n) is 4.88. The summed E-state index contributed by atoms with van der Waals surface area (Å²) in [7, 11) is 0. The minimum absolute atomic E-state index is 0.0551. The average molecular weight is 470 g/mol. The molecule has 35 heavy (non-hydrogen) atoms. The lowest BCUT2D eigenvalue weighted by atomic mass is 9.92. The van der Waals surface area contributed by atoms with Gasteiger partial charge in [-0.2, -0.15) is 4.98 Å². The van der Waals surface area contributed by atoms with Gasteiger partial charge in [0.05, 0.1) is 6.04 Å². The van der Waals surface area contributed by atoms with Crippen molar-refractivity contribution in [2.75, 3.05) is 11.9 Å². The Morgan fingerprint density at radius 2 is 1.94 bits per heavy atom. The van der Waals surface area contributed by atoms with Gasteiger partial charge in [-0.15, -0.1) is 0 Å². The van der Waals surface area contributed by atoms with Gasteiger partial charge in [-0.1, -0.05) is 32.9 Å². The van der Waals surface area contributed by atoms with E-state index in [1.165, 1.54) is 11.1 Å². The third kappa shape index (κ3) is 3.91. The molecule has 180 valence electrons. The van der Waals surface area contributed by atoms with E-state index in [0.717, 1.165) is 50.2 Å². The molecule has 3 aromatic heterocycles.